The van der Waals surface area contributed by atoms with Crippen molar-refractivity contribution in [2.45, 2.75) is 0 Å². The van der Waals surface area contributed by atoms with E-state index in [1.54, 1.807) is 17.0 Å². The Morgan fingerprint density at radius 1 is 1.11 bits per heavy atom. The Bertz CT molecular complexity index is 612. The minimum Gasteiger partial charge on any atom is -0.482 e. The average molecular weight is 260 g/mol. The summed E-state index contributed by atoms with van der Waals surface area (Å²) in [5.74, 6) is 0.605. The Balaban J connectivity index is 2.13. The van der Waals surface area contributed by atoms with Crippen molar-refractivity contribution < 1.29 is 9.53 Å². The zero-order valence-electron chi connectivity index (χ0n) is 9.47. The first kappa shape index (κ1) is 11.1. The summed E-state index contributed by atoms with van der Waals surface area (Å²) in [6.07, 6.45) is 0. The van der Waals surface area contributed by atoms with E-state index in [1.165, 1.54) is 0 Å². The van der Waals surface area contributed by atoms with Crippen LogP contribution in [-0.4, -0.2) is 12.5 Å². The third-order valence-electron chi connectivity index (χ3n) is 2.77. The highest BCUT2D eigenvalue weighted by Gasteiger charge is 2.26. The normalized spacial score (nSPS) is 14.1. The Morgan fingerprint density at radius 3 is 2.78 bits per heavy atom. The number of fused-ring (bicyclic) bond motifs is 1. The predicted octanol–water partition coefficient (Wildman–Crippen LogP) is 3.40. The standard InChI is InChI=1S/C14H10ClNO2/c15-10-4-3-5-11(8-10)16-12-6-1-2-7-13(12)18-9-14(16)17/h1-8H,9H2. The molecule has 0 aliphatic carbocycles. The number of para-hydroxylation sites is 2. The summed E-state index contributed by atoms with van der Waals surface area (Å²) in [7, 11) is 0. The number of anilines is 2. The molecule has 3 nitrogen and oxygen atoms in total. The number of ether oxygens (including phenoxy) is 1. The van der Waals surface area contributed by atoms with Gasteiger partial charge in [-0.2, -0.15) is 0 Å². The monoisotopic (exact) mass is 259 g/mol. The summed E-state index contributed by atoms with van der Waals surface area (Å²) < 4.78 is 5.39. The van der Waals surface area contributed by atoms with Crippen molar-refractivity contribution in [3.8, 4) is 5.75 Å². The van der Waals surface area contributed by atoms with Crippen LogP contribution in [0.4, 0.5) is 11.4 Å². The van der Waals surface area contributed by atoms with E-state index in [0.717, 1.165) is 11.4 Å². The summed E-state index contributed by atoms with van der Waals surface area (Å²) in [4.78, 5) is 13.7. The van der Waals surface area contributed by atoms with Gasteiger partial charge in [0.2, 0.25) is 0 Å². The molecule has 1 heterocycles. The van der Waals surface area contributed by atoms with Gasteiger partial charge in [0.25, 0.3) is 5.91 Å². The molecule has 0 saturated heterocycles. The number of carbonyl (C=O) groups is 1. The molecule has 0 spiro atoms. The van der Waals surface area contributed by atoms with Gasteiger partial charge in [0.05, 0.1) is 11.4 Å². The molecule has 0 saturated carbocycles. The largest absolute Gasteiger partial charge is 0.482 e. The zero-order valence-corrected chi connectivity index (χ0v) is 10.2. The van der Waals surface area contributed by atoms with Crippen LogP contribution in [0, 0.1) is 0 Å². The second kappa shape index (κ2) is 4.35. The van der Waals surface area contributed by atoms with Crippen molar-refractivity contribution in [1.29, 1.82) is 0 Å². The number of hydrogen-bond donors (Lipinski definition) is 0. The van der Waals surface area contributed by atoms with E-state index in [1.807, 2.05) is 36.4 Å². The molecule has 0 fully saturated rings. The molecule has 1 amide bonds. The molecule has 0 N–H and O–H groups in total. The number of benzene rings is 2. The number of amides is 1. The van der Waals surface area contributed by atoms with Gasteiger partial charge >= 0.3 is 0 Å². The molecule has 2 aromatic carbocycles. The third-order valence-corrected chi connectivity index (χ3v) is 3.01. The first-order valence-electron chi connectivity index (χ1n) is 5.56. The van der Waals surface area contributed by atoms with Gasteiger partial charge in [0.15, 0.2) is 6.61 Å². The van der Waals surface area contributed by atoms with Gasteiger partial charge in [-0.1, -0.05) is 29.8 Å². The molecular formula is C14H10ClNO2. The number of hydrogen-bond acceptors (Lipinski definition) is 2. The van der Waals surface area contributed by atoms with E-state index < -0.39 is 0 Å². The van der Waals surface area contributed by atoms with Crippen LogP contribution < -0.4 is 9.64 Å². The lowest BCUT2D eigenvalue weighted by molar-refractivity contribution is -0.120. The maximum absolute atomic E-state index is 12.0. The molecule has 0 unspecified atom stereocenters. The summed E-state index contributed by atoms with van der Waals surface area (Å²) in [6.45, 7) is 0.0452. The summed E-state index contributed by atoms with van der Waals surface area (Å²) in [5.41, 5.74) is 1.50. The Labute approximate surface area is 110 Å². The molecule has 1 aliphatic rings. The fourth-order valence-electron chi connectivity index (χ4n) is 2.00. The zero-order chi connectivity index (χ0) is 12.5. The van der Waals surface area contributed by atoms with E-state index in [9.17, 15) is 4.79 Å². The maximum Gasteiger partial charge on any atom is 0.269 e. The van der Waals surface area contributed by atoms with E-state index in [-0.39, 0.29) is 12.5 Å². The van der Waals surface area contributed by atoms with Crippen molar-refractivity contribution in [3.63, 3.8) is 0 Å². The summed E-state index contributed by atoms with van der Waals surface area (Å²) in [5, 5.41) is 0.601. The molecule has 18 heavy (non-hydrogen) atoms. The highest BCUT2D eigenvalue weighted by molar-refractivity contribution is 6.31. The fraction of sp³-hybridized carbons (Fsp3) is 0.0714. The van der Waals surface area contributed by atoms with Gasteiger partial charge in [-0.05, 0) is 30.3 Å². The Hall–Kier alpha value is -2.00. The second-order valence-corrected chi connectivity index (χ2v) is 4.40. The lowest BCUT2D eigenvalue weighted by Gasteiger charge is -2.29. The van der Waals surface area contributed by atoms with Crippen LogP contribution in [0.1, 0.15) is 0 Å². The maximum atomic E-state index is 12.0. The molecule has 3 rings (SSSR count). The minimum atomic E-state index is -0.101. The molecule has 2 aromatic rings. The topological polar surface area (TPSA) is 29.5 Å². The van der Waals surface area contributed by atoms with Crippen LogP contribution in [0.3, 0.4) is 0 Å². The van der Waals surface area contributed by atoms with Crippen LogP contribution >= 0.6 is 11.6 Å². The molecule has 1 aliphatic heterocycles. The molecule has 0 atom stereocenters. The van der Waals surface area contributed by atoms with Crippen LogP contribution in [0.5, 0.6) is 5.75 Å². The fourth-order valence-corrected chi connectivity index (χ4v) is 2.19. The molecule has 4 heteroatoms. The van der Waals surface area contributed by atoms with E-state index in [0.29, 0.717) is 10.8 Å². The number of rotatable bonds is 1. The molecule has 90 valence electrons. The Kier molecular flexibility index (Phi) is 2.68. The first-order valence-corrected chi connectivity index (χ1v) is 5.94. The predicted molar refractivity (Wildman–Crippen MR) is 70.5 cm³/mol. The molecular weight excluding hydrogens is 250 g/mol. The van der Waals surface area contributed by atoms with Gasteiger partial charge in [-0.15, -0.1) is 0 Å². The van der Waals surface area contributed by atoms with Gasteiger partial charge in [-0.3, -0.25) is 9.69 Å². The molecule has 0 radical (unpaired) electrons. The van der Waals surface area contributed by atoms with Gasteiger partial charge in [-0.25, -0.2) is 0 Å². The van der Waals surface area contributed by atoms with Crippen molar-refractivity contribution >= 4 is 28.9 Å². The van der Waals surface area contributed by atoms with E-state index >= 15 is 0 Å². The highest BCUT2D eigenvalue weighted by atomic mass is 35.5. The van der Waals surface area contributed by atoms with E-state index in [4.69, 9.17) is 16.3 Å². The van der Waals surface area contributed by atoms with Crippen molar-refractivity contribution in [2.75, 3.05) is 11.5 Å². The van der Waals surface area contributed by atoms with Gasteiger partial charge in [0.1, 0.15) is 5.75 Å². The average Bonchev–Trinajstić information content (AvgIpc) is 2.38. The quantitative estimate of drug-likeness (QED) is 0.786. The van der Waals surface area contributed by atoms with Crippen molar-refractivity contribution in [3.05, 3.63) is 53.6 Å². The number of carbonyl (C=O) groups excluding carboxylic acids is 1. The van der Waals surface area contributed by atoms with E-state index in [2.05, 4.69) is 0 Å². The molecule has 0 aromatic heterocycles. The summed E-state index contributed by atoms with van der Waals surface area (Å²) in [6, 6.07) is 14.7. The van der Waals surface area contributed by atoms with Crippen LogP contribution in [-0.2, 0) is 4.79 Å². The SMILES string of the molecule is O=C1COc2ccccc2N1c1cccc(Cl)c1. The minimum absolute atomic E-state index is 0.0452. The first-order chi connectivity index (χ1) is 8.75. The van der Waals surface area contributed by atoms with Crippen LogP contribution in [0.15, 0.2) is 48.5 Å². The van der Waals surface area contributed by atoms with Crippen LogP contribution in [0.2, 0.25) is 5.02 Å². The van der Waals surface area contributed by atoms with Crippen molar-refractivity contribution in [1.82, 2.24) is 0 Å². The third kappa shape index (κ3) is 1.83. The highest BCUT2D eigenvalue weighted by Crippen LogP contribution is 2.37. The van der Waals surface area contributed by atoms with Gasteiger partial charge in [0, 0.05) is 5.02 Å². The van der Waals surface area contributed by atoms with Crippen LogP contribution in [0.25, 0.3) is 0 Å². The van der Waals surface area contributed by atoms with Crippen molar-refractivity contribution in [2.24, 2.45) is 0 Å². The lowest BCUT2D eigenvalue weighted by Crippen LogP contribution is -2.35. The van der Waals surface area contributed by atoms with Gasteiger partial charge < -0.3 is 4.74 Å². The number of nitrogens with zero attached hydrogens (tertiary/aromatic N) is 1. The smallest absolute Gasteiger partial charge is 0.269 e. The lowest BCUT2D eigenvalue weighted by atomic mass is 10.2. The number of halogens is 1. The second-order valence-electron chi connectivity index (χ2n) is 3.97. The molecule has 0 bridgehead atoms. The Morgan fingerprint density at radius 2 is 1.94 bits per heavy atom. The summed E-state index contributed by atoms with van der Waals surface area (Å²) >= 11 is 5.97.